The second-order valence-corrected chi connectivity index (χ2v) is 33.8. The number of likely N-dealkylation sites (tertiary alicyclic amines) is 1. The number of fused-ring (bicyclic) bond motifs is 8. The fourth-order valence-electron chi connectivity index (χ4n) is 16.8. The molecule has 13 rings (SSSR count). The Kier molecular flexibility index (Phi) is 19.7. The highest BCUT2D eigenvalue weighted by Gasteiger charge is 2.53. The Morgan fingerprint density at radius 3 is 1.44 bits per heavy atom. The summed E-state index contributed by atoms with van der Waals surface area (Å²) in [5.41, 5.74) is 4.40. The molecule has 2 spiro atoms. The molecular formula is C73H91Cl2N5O13S2. The number of aryl methyl sites for hydroxylation is 2. The van der Waals surface area contributed by atoms with Gasteiger partial charge in [-0.3, -0.25) is 19.2 Å². The summed E-state index contributed by atoms with van der Waals surface area (Å²) in [6.07, 6.45) is 19.0. The summed E-state index contributed by atoms with van der Waals surface area (Å²) >= 11 is 12.9. The molecule has 12 atom stereocenters. The molecule has 0 radical (unpaired) electrons. The van der Waals surface area contributed by atoms with Gasteiger partial charge in [-0.25, -0.2) is 26.3 Å². The molecule has 95 heavy (non-hydrogen) atoms. The Labute approximate surface area is 569 Å². The molecule has 3 amide bonds. The second kappa shape index (κ2) is 27.3. The molecule has 0 unspecified atom stereocenters. The number of amides is 3. The molecular weight excluding hydrogens is 1290 g/mol. The predicted molar refractivity (Wildman–Crippen MR) is 368 cm³/mol. The smallest absolute Gasteiger partial charge is 0.306 e. The summed E-state index contributed by atoms with van der Waals surface area (Å²) < 4.78 is 84.0. The topological polar surface area (TPSA) is 227 Å². The summed E-state index contributed by atoms with van der Waals surface area (Å²) in [7, 11) is -4.73. The number of carbonyl (C=O) groups excluding carboxylic acids is 3. The average molecular weight is 1380 g/mol. The normalized spacial score (nSPS) is 33.0. The van der Waals surface area contributed by atoms with Crippen LogP contribution in [0.15, 0.2) is 97.1 Å². The van der Waals surface area contributed by atoms with Gasteiger partial charge in [0.1, 0.15) is 11.5 Å². The van der Waals surface area contributed by atoms with Gasteiger partial charge in [-0.2, -0.15) is 0 Å². The van der Waals surface area contributed by atoms with Gasteiger partial charge in [-0.1, -0.05) is 73.5 Å². The van der Waals surface area contributed by atoms with Crippen LogP contribution in [-0.2, 0) is 62.8 Å². The van der Waals surface area contributed by atoms with Gasteiger partial charge in [0.25, 0.3) is 11.8 Å². The van der Waals surface area contributed by atoms with Crippen molar-refractivity contribution in [2.75, 3.05) is 76.5 Å². The quantitative estimate of drug-likeness (QED) is 0.153. The van der Waals surface area contributed by atoms with E-state index >= 15 is 0 Å². The first-order valence-electron chi connectivity index (χ1n) is 34.0. The fourth-order valence-corrected chi connectivity index (χ4v) is 19.8. The highest BCUT2D eigenvalue weighted by Crippen LogP contribution is 2.53. The molecule has 5 heterocycles. The number of sulfonamides is 2. The van der Waals surface area contributed by atoms with E-state index in [0.29, 0.717) is 68.8 Å². The predicted octanol–water partition coefficient (Wildman–Crippen LogP) is 11.6. The Balaban J connectivity index is 0.000000182. The number of rotatable bonds is 6. The van der Waals surface area contributed by atoms with Crippen LogP contribution in [0.3, 0.4) is 0 Å². The van der Waals surface area contributed by atoms with Gasteiger partial charge >= 0.3 is 5.97 Å². The molecule has 3 N–H and O–H groups in total. The van der Waals surface area contributed by atoms with Gasteiger partial charge in [0.05, 0.1) is 59.1 Å². The molecule has 22 heteroatoms. The minimum absolute atomic E-state index is 0.0679. The zero-order chi connectivity index (χ0) is 67.4. The van der Waals surface area contributed by atoms with E-state index in [9.17, 15) is 41.1 Å². The maximum Gasteiger partial charge on any atom is 0.306 e. The number of allylic oxidation sites excluding steroid dienone is 2. The van der Waals surface area contributed by atoms with E-state index in [1.54, 1.807) is 64.5 Å². The lowest BCUT2D eigenvalue weighted by Gasteiger charge is -2.51. The van der Waals surface area contributed by atoms with Gasteiger partial charge in [0.15, 0.2) is 0 Å². The number of hydrogen-bond acceptors (Lipinski definition) is 14. The number of hydrogen-bond donors (Lipinski definition) is 3. The van der Waals surface area contributed by atoms with Crippen LogP contribution < -0.4 is 28.7 Å². The van der Waals surface area contributed by atoms with Crippen molar-refractivity contribution in [3.63, 3.8) is 0 Å². The SMILES string of the molecule is CO[C@@]1(CC(=O)N2CCC2)/C=C/C[C@H](C)[C@@H](C)S(=O)(=O)NC(=O)c2ccc3c(c2)N(C[C@@H]2CC[C@H]21)C[C@@]1(CCCc2cc(Cl)ccc21)CO3.CO[C@@]1(CC(=O)O)/C=C/C[C@H](C)[C@@H](C)S(=O)(=O)NC(=O)c2ccc3c(c2)N(C[C@@H]2CC[C@H]21)C[C@@]1(CCCc2cc(Cl)ccc21)CO3. The number of aliphatic carboxylic acids is 1. The van der Waals surface area contributed by atoms with Crippen LogP contribution in [0.4, 0.5) is 11.4 Å². The number of nitrogens with one attached hydrogen (secondary N) is 2. The monoisotopic (exact) mass is 1380 g/mol. The Bertz CT molecular complexity index is 3920. The molecule has 4 bridgehead atoms. The minimum Gasteiger partial charge on any atom is -0.490 e. The number of methoxy groups -OCH3 is 2. The van der Waals surface area contributed by atoms with Crippen LogP contribution in [0, 0.1) is 35.5 Å². The lowest BCUT2D eigenvalue weighted by atomic mass is 9.62. The Morgan fingerprint density at radius 2 is 1.05 bits per heavy atom. The first-order chi connectivity index (χ1) is 45.3. The van der Waals surface area contributed by atoms with Crippen molar-refractivity contribution in [2.24, 2.45) is 35.5 Å². The van der Waals surface area contributed by atoms with Crippen molar-refractivity contribution in [3.8, 4) is 11.5 Å². The maximum atomic E-state index is 13.6. The molecule has 3 fully saturated rings. The van der Waals surface area contributed by atoms with E-state index in [1.807, 2.05) is 61.3 Å². The van der Waals surface area contributed by atoms with Crippen LogP contribution in [0.2, 0.25) is 10.0 Å². The molecule has 4 aliphatic carbocycles. The first-order valence-corrected chi connectivity index (χ1v) is 37.8. The van der Waals surface area contributed by atoms with E-state index < -0.39 is 59.5 Å². The molecule has 4 aromatic carbocycles. The zero-order valence-electron chi connectivity index (χ0n) is 55.4. The number of carboxylic acids is 1. The van der Waals surface area contributed by atoms with Crippen LogP contribution >= 0.6 is 23.2 Å². The van der Waals surface area contributed by atoms with Crippen molar-refractivity contribution in [3.05, 3.63) is 141 Å². The highest BCUT2D eigenvalue weighted by molar-refractivity contribution is 7.91. The number of ether oxygens (including phenoxy) is 4. The van der Waals surface area contributed by atoms with Crippen molar-refractivity contribution in [1.82, 2.24) is 14.3 Å². The van der Waals surface area contributed by atoms with E-state index in [-0.39, 0.29) is 76.2 Å². The second-order valence-electron chi connectivity index (χ2n) is 28.9. The number of anilines is 2. The zero-order valence-corrected chi connectivity index (χ0v) is 58.5. The molecule has 18 nitrogen and oxygen atoms in total. The summed E-state index contributed by atoms with van der Waals surface area (Å²) in [4.78, 5) is 59.3. The molecule has 2 saturated carbocycles. The third kappa shape index (κ3) is 13.6. The van der Waals surface area contributed by atoms with E-state index in [4.69, 9.17) is 42.1 Å². The Hall–Kier alpha value is -6.16. The van der Waals surface area contributed by atoms with Gasteiger partial charge in [0.2, 0.25) is 26.0 Å². The van der Waals surface area contributed by atoms with Crippen LogP contribution in [0.1, 0.15) is 154 Å². The lowest BCUT2D eigenvalue weighted by molar-refractivity contribution is -0.149. The van der Waals surface area contributed by atoms with Gasteiger partial charge in [-0.05, 0) is 216 Å². The summed E-state index contributed by atoms with van der Waals surface area (Å²) in [6.45, 7) is 11.9. The van der Waals surface area contributed by atoms with Crippen LogP contribution in [0.25, 0.3) is 0 Å². The molecule has 512 valence electrons. The van der Waals surface area contributed by atoms with Crippen molar-refractivity contribution < 1.29 is 60.1 Å². The van der Waals surface area contributed by atoms with Crippen LogP contribution in [-0.4, -0.2) is 139 Å². The Morgan fingerprint density at radius 1 is 0.611 bits per heavy atom. The minimum atomic E-state index is -4.01. The molecule has 0 aromatic heterocycles. The highest BCUT2D eigenvalue weighted by atomic mass is 35.5. The van der Waals surface area contributed by atoms with E-state index in [1.165, 1.54) is 22.3 Å². The molecule has 1 saturated heterocycles. The number of nitrogens with zero attached hydrogens (tertiary/aromatic N) is 3. The van der Waals surface area contributed by atoms with Gasteiger partial charge < -0.3 is 38.8 Å². The number of carboxylic acid groups (broad SMARTS) is 1. The first kappa shape index (κ1) is 68.8. The third-order valence-electron chi connectivity index (χ3n) is 23.3. The maximum absolute atomic E-state index is 13.6. The van der Waals surface area contributed by atoms with Crippen molar-refractivity contribution >= 4 is 78.3 Å². The summed E-state index contributed by atoms with van der Waals surface area (Å²) in [5, 5.41) is 9.72. The van der Waals surface area contributed by atoms with Crippen molar-refractivity contribution in [1.29, 1.82) is 0 Å². The number of carbonyl (C=O) groups is 4. The summed E-state index contributed by atoms with van der Waals surface area (Å²) in [5.74, 6) is -1.17. The van der Waals surface area contributed by atoms with Gasteiger partial charge in [-0.15, -0.1) is 0 Å². The summed E-state index contributed by atoms with van der Waals surface area (Å²) in [6, 6.07) is 22.6. The average Bonchev–Trinajstić information content (AvgIpc) is 1.48. The molecule has 4 aromatic rings. The van der Waals surface area contributed by atoms with E-state index in [0.717, 1.165) is 100 Å². The molecule has 5 aliphatic heterocycles. The van der Waals surface area contributed by atoms with E-state index in [2.05, 4.69) is 37.4 Å². The lowest BCUT2D eigenvalue weighted by Crippen LogP contribution is -2.55. The fraction of sp³-hybridized carbons (Fsp3) is 0.562. The third-order valence-corrected chi connectivity index (χ3v) is 27.6. The van der Waals surface area contributed by atoms with Crippen LogP contribution in [0.5, 0.6) is 11.5 Å². The van der Waals surface area contributed by atoms with Gasteiger partial charge in [0, 0.05) is 85.5 Å². The largest absolute Gasteiger partial charge is 0.490 e. The standard InChI is InChI=1S/C38H48ClN3O6S.C35H43ClN2O7S/c1-25-7-4-16-38(47-3,21-35(43)41-17-6-18-41)32-12-9-29(32)22-42-23-37(15-5-8-27-19-30(39)11-13-31(27)37)24-48-34-14-10-28(20-33(34)42)36(44)40-49(45,46)26(25)2;1-22-6-4-15-35(44-3,18-32(39)40)29-11-8-26(29)19-38-20-34(14-5-7-24-16-27(36)10-12-28(24)34)21-45-31-13-9-25(17-30(31)38)33(41)37-46(42,43)23(22)2/h4,10-11,13-14,16,19-20,25-26,29,32H,5-9,12,15,17-18,21-24H2,1-3H3,(H,40,44);4,9-10,12-13,15-17,22-23,26,29H,5-8,11,14,18-21H2,1-3H3,(H,37,41)(H,39,40)/b16-4+;15-4+/t25-,26+,29-,32+,37-,38+;22-,23+,26-,29+,34-,35+/m00/s1. The van der Waals surface area contributed by atoms with Crippen molar-refractivity contribution in [2.45, 2.75) is 157 Å². The molecule has 9 aliphatic rings. The number of halogens is 2. The number of benzene rings is 4.